The number of aryl methyl sites for hydroxylation is 1. The molecule has 2 heterocycles. The molecule has 0 aliphatic rings. The lowest BCUT2D eigenvalue weighted by molar-refractivity contribution is -0.124. The van der Waals surface area contributed by atoms with Crippen molar-refractivity contribution in [3.63, 3.8) is 0 Å². The summed E-state index contributed by atoms with van der Waals surface area (Å²) in [5.74, 6) is -1.05. The standard InChI is InChI=1S/C20H21FN4O3S/c1-12-9-10-16(28-12)17(18(26)22-20(2,3)4)25(15-8-6-5-7-13(15)21)19(27)14-11-29-24-23-14/h5-11,17H,1-4H3,(H,22,26)/t17-/m1/s1. The van der Waals surface area contributed by atoms with Crippen molar-refractivity contribution in [1.82, 2.24) is 14.9 Å². The number of halogens is 1. The molecule has 1 aromatic carbocycles. The van der Waals surface area contributed by atoms with E-state index in [1.54, 1.807) is 25.1 Å². The van der Waals surface area contributed by atoms with E-state index in [-0.39, 0.29) is 17.1 Å². The minimum Gasteiger partial charge on any atom is -0.464 e. The molecule has 29 heavy (non-hydrogen) atoms. The van der Waals surface area contributed by atoms with Crippen LogP contribution >= 0.6 is 11.5 Å². The number of aromatic nitrogens is 2. The van der Waals surface area contributed by atoms with E-state index in [1.165, 1.54) is 23.6 Å². The van der Waals surface area contributed by atoms with Crippen molar-refractivity contribution in [2.24, 2.45) is 0 Å². The number of nitrogens with zero attached hydrogens (tertiary/aromatic N) is 3. The van der Waals surface area contributed by atoms with E-state index in [2.05, 4.69) is 14.9 Å². The molecule has 0 bridgehead atoms. The molecule has 0 aliphatic heterocycles. The molecule has 152 valence electrons. The Morgan fingerprint density at radius 3 is 2.48 bits per heavy atom. The number of para-hydroxylation sites is 1. The number of hydrogen-bond acceptors (Lipinski definition) is 6. The van der Waals surface area contributed by atoms with Gasteiger partial charge in [-0.2, -0.15) is 0 Å². The van der Waals surface area contributed by atoms with Crippen LogP contribution in [-0.4, -0.2) is 26.9 Å². The molecule has 0 fully saturated rings. The number of amides is 2. The molecule has 2 amide bonds. The zero-order valence-electron chi connectivity index (χ0n) is 16.5. The zero-order valence-corrected chi connectivity index (χ0v) is 17.3. The fourth-order valence-corrected chi connectivity index (χ4v) is 3.24. The first-order valence-corrected chi connectivity index (χ1v) is 9.74. The predicted octanol–water partition coefficient (Wildman–Crippen LogP) is 3.88. The highest BCUT2D eigenvalue weighted by Crippen LogP contribution is 2.32. The van der Waals surface area contributed by atoms with Crippen LogP contribution in [0.3, 0.4) is 0 Å². The van der Waals surface area contributed by atoms with Crippen molar-refractivity contribution in [3.8, 4) is 0 Å². The minimum atomic E-state index is -1.24. The lowest BCUT2D eigenvalue weighted by Crippen LogP contribution is -2.49. The number of rotatable bonds is 5. The van der Waals surface area contributed by atoms with Crippen LogP contribution in [0.15, 0.2) is 46.2 Å². The van der Waals surface area contributed by atoms with Crippen molar-refractivity contribution in [2.45, 2.75) is 39.3 Å². The Kier molecular flexibility index (Phi) is 5.78. The summed E-state index contributed by atoms with van der Waals surface area (Å²) in [6.45, 7) is 7.17. The Balaban J connectivity index is 2.18. The molecule has 0 radical (unpaired) electrons. The summed E-state index contributed by atoms with van der Waals surface area (Å²) < 4.78 is 24.1. The summed E-state index contributed by atoms with van der Waals surface area (Å²) >= 11 is 0.988. The maximum absolute atomic E-state index is 14.7. The first kappa shape index (κ1) is 20.7. The molecule has 0 saturated carbocycles. The summed E-state index contributed by atoms with van der Waals surface area (Å²) in [7, 11) is 0. The van der Waals surface area contributed by atoms with E-state index in [4.69, 9.17) is 4.42 Å². The molecule has 0 spiro atoms. The molecule has 3 aromatic rings. The van der Waals surface area contributed by atoms with Crippen molar-refractivity contribution >= 4 is 29.0 Å². The SMILES string of the molecule is Cc1ccc([C@H](C(=O)NC(C)(C)C)N(C(=O)c2csnn2)c2ccccc2F)o1. The number of furan rings is 1. The summed E-state index contributed by atoms with van der Waals surface area (Å²) in [6.07, 6.45) is 0. The van der Waals surface area contributed by atoms with Crippen LogP contribution in [0.2, 0.25) is 0 Å². The highest BCUT2D eigenvalue weighted by molar-refractivity contribution is 7.03. The van der Waals surface area contributed by atoms with E-state index in [0.717, 1.165) is 16.4 Å². The molecule has 0 aliphatic carbocycles. The van der Waals surface area contributed by atoms with Crippen molar-refractivity contribution in [3.05, 3.63) is 64.8 Å². The molecule has 0 saturated heterocycles. The Labute approximate surface area is 171 Å². The second-order valence-electron chi connectivity index (χ2n) is 7.51. The lowest BCUT2D eigenvalue weighted by atomic mass is 10.1. The molecule has 3 rings (SSSR count). The van der Waals surface area contributed by atoms with Gasteiger partial charge in [0.05, 0.1) is 5.69 Å². The zero-order chi connectivity index (χ0) is 21.2. The van der Waals surface area contributed by atoms with Gasteiger partial charge in [0, 0.05) is 10.9 Å². The fraction of sp³-hybridized carbons (Fsp3) is 0.300. The topological polar surface area (TPSA) is 88.3 Å². The normalized spacial score (nSPS) is 12.4. The number of carbonyl (C=O) groups excluding carboxylic acids is 2. The second-order valence-corrected chi connectivity index (χ2v) is 8.12. The number of carbonyl (C=O) groups is 2. The largest absolute Gasteiger partial charge is 0.464 e. The highest BCUT2D eigenvalue weighted by Gasteiger charge is 2.38. The second kappa shape index (κ2) is 8.12. The van der Waals surface area contributed by atoms with Gasteiger partial charge >= 0.3 is 0 Å². The summed E-state index contributed by atoms with van der Waals surface area (Å²) in [5.41, 5.74) is -0.632. The predicted molar refractivity (Wildman–Crippen MR) is 107 cm³/mol. The van der Waals surface area contributed by atoms with Crippen LogP contribution in [0, 0.1) is 12.7 Å². The summed E-state index contributed by atoms with van der Waals surface area (Å²) in [5, 5.41) is 8.09. The van der Waals surface area contributed by atoms with Gasteiger partial charge < -0.3 is 9.73 Å². The van der Waals surface area contributed by atoms with E-state index in [1.807, 2.05) is 20.8 Å². The van der Waals surface area contributed by atoms with Gasteiger partial charge in [-0.1, -0.05) is 16.6 Å². The van der Waals surface area contributed by atoms with Gasteiger partial charge in [-0.25, -0.2) is 4.39 Å². The van der Waals surface area contributed by atoms with Gasteiger partial charge in [-0.3, -0.25) is 14.5 Å². The third-order valence-corrected chi connectivity index (χ3v) is 4.45. The summed E-state index contributed by atoms with van der Waals surface area (Å²) in [6, 6.07) is 7.79. The maximum Gasteiger partial charge on any atom is 0.280 e. The van der Waals surface area contributed by atoms with E-state index >= 15 is 0 Å². The number of anilines is 1. The molecule has 1 N–H and O–H groups in total. The highest BCUT2D eigenvalue weighted by atomic mass is 32.1. The van der Waals surface area contributed by atoms with Crippen LogP contribution < -0.4 is 10.2 Å². The molecule has 9 heteroatoms. The average Bonchev–Trinajstić information content (AvgIpc) is 3.30. The van der Waals surface area contributed by atoms with Gasteiger partial charge in [-0.15, -0.1) is 5.10 Å². The Hall–Kier alpha value is -3.07. The van der Waals surface area contributed by atoms with Crippen LogP contribution in [0.4, 0.5) is 10.1 Å². The van der Waals surface area contributed by atoms with Crippen LogP contribution in [0.1, 0.15) is 48.8 Å². The Morgan fingerprint density at radius 1 is 1.21 bits per heavy atom. The van der Waals surface area contributed by atoms with E-state index in [9.17, 15) is 14.0 Å². The molecule has 1 atom stereocenters. The fourth-order valence-electron chi connectivity index (χ4n) is 2.81. The van der Waals surface area contributed by atoms with Crippen molar-refractivity contribution in [2.75, 3.05) is 4.90 Å². The lowest BCUT2D eigenvalue weighted by Gasteiger charge is -2.32. The van der Waals surface area contributed by atoms with Crippen LogP contribution in [0.5, 0.6) is 0 Å². The summed E-state index contributed by atoms with van der Waals surface area (Å²) in [4.78, 5) is 27.6. The van der Waals surface area contributed by atoms with Gasteiger partial charge in [-0.05, 0) is 63.5 Å². The maximum atomic E-state index is 14.7. The van der Waals surface area contributed by atoms with E-state index in [0.29, 0.717) is 5.76 Å². The monoisotopic (exact) mass is 416 g/mol. The molecular formula is C20H21FN4O3S. The molecular weight excluding hydrogens is 395 g/mol. The molecule has 0 unspecified atom stereocenters. The van der Waals surface area contributed by atoms with Gasteiger partial charge in [0.2, 0.25) is 0 Å². The smallest absolute Gasteiger partial charge is 0.280 e. The molecule has 2 aromatic heterocycles. The number of benzene rings is 1. The third-order valence-electron chi connectivity index (χ3n) is 3.95. The van der Waals surface area contributed by atoms with Crippen LogP contribution in [-0.2, 0) is 4.79 Å². The first-order chi connectivity index (χ1) is 13.7. The average molecular weight is 416 g/mol. The van der Waals surface area contributed by atoms with Gasteiger partial charge in [0.15, 0.2) is 11.7 Å². The van der Waals surface area contributed by atoms with Crippen LogP contribution in [0.25, 0.3) is 0 Å². The van der Waals surface area contributed by atoms with Gasteiger partial charge in [0.1, 0.15) is 17.3 Å². The first-order valence-electron chi connectivity index (χ1n) is 8.91. The molecule has 7 nitrogen and oxygen atoms in total. The van der Waals surface area contributed by atoms with Crippen molar-refractivity contribution < 1.29 is 18.4 Å². The van der Waals surface area contributed by atoms with Crippen molar-refractivity contribution in [1.29, 1.82) is 0 Å². The minimum absolute atomic E-state index is 0.00934. The Morgan fingerprint density at radius 2 is 1.93 bits per heavy atom. The quantitative estimate of drug-likeness (QED) is 0.682. The van der Waals surface area contributed by atoms with Gasteiger partial charge in [0.25, 0.3) is 11.8 Å². The Bertz CT molecular complexity index is 1010. The number of hydrogen-bond donors (Lipinski definition) is 1. The third kappa shape index (κ3) is 4.68. The van der Waals surface area contributed by atoms with E-state index < -0.39 is 29.2 Å². The number of nitrogens with one attached hydrogen (secondary N) is 1.